The summed E-state index contributed by atoms with van der Waals surface area (Å²) in [6.45, 7) is 25.7. The maximum atomic E-state index is 12.7. The van der Waals surface area contributed by atoms with Gasteiger partial charge in [-0.1, -0.05) is 47.5 Å². The third-order valence-corrected chi connectivity index (χ3v) is 19.5. The van der Waals surface area contributed by atoms with E-state index in [0.717, 1.165) is 36.3 Å². The Hall–Kier alpha value is -3.34. The Labute approximate surface area is 312 Å². The molecule has 0 aliphatic carbocycles. The molecule has 0 spiro atoms. The fourth-order valence-electron chi connectivity index (χ4n) is 8.76. The van der Waals surface area contributed by atoms with Crippen molar-refractivity contribution in [3.8, 4) is 17.2 Å². The molecule has 0 bridgehead atoms. The van der Waals surface area contributed by atoms with Crippen molar-refractivity contribution in [2.45, 2.75) is 116 Å². The number of nitrogens with zero attached hydrogens (tertiary/aromatic N) is 5. The second kappa shape index (κ2) is 14.5. The zero-order valence-corrected chi connectivity index (χ0v) is 34.6. The highest BCUT2D eigenvalue weighted by Crippen LogP contribution is 2.46. The number of ether oxygens (including phenoxy) is 2. The molecule has 6 rings (SSSR count). The first-order valence-electron chi connectivity index (χ1n) is 19.1. The number of rotatable bonds is 6. The van der Waals surface area contributed by atoms with E-state index in [0.29, 0.717) is 72.1 Å². The van der Waals surface area contributed by atoms with Gasteiger partial charge in [0.15, 0.2) is 15.6 Å². The number of sulfone groups is 1. The van der Waals surface area contributed by atoms with Crippen LogP contribution in [-0.2, 0) is 14.6 Å². The van der Waals surface area contributed by atoms with Crippen molar-refractivity contribution >= 4 is 41.3 Å². The van der Waals surface area contributed by atoms with Gasteiger partial charge in [0.05, 0.1) is 28.3 Å². The van der Waals surface area contributed by atoms with E-state index < -0.39 is 29.6 Å². The number of benzene rings is 1. The van der Waals surface area contributed by atoms with Crippen molar-refractivity contribution in [2.75, 3.05) is 61.0 Å². The molecule has 52 heavy (non-hydrogen) atoms. The molecule has 13 heteroatoms. The number of nitrogens with one attached hydrogen (secondary N) is 1. The second-order valence-corrected chi connectivity index (χ2v) is 25.0. The average molecular weight is 751 g/mol. The highest BCUT2D eigenvalue weighted by atomic mass is 32.2. The molecule has 3 saturated heterocycles. The molecular weight excluding hydrogens is 693 g/mol. The van der Waals surface area contributed by atoms with Gasteiger partial charge in [0.25, 0.3) is 0 Å². The average Bonchev–Trinajstić information content (AvgIpc) is 3.45. The number of hydrogen-bond donors (Lipinski definition) is 1. The van der Waals surface area contributed by atoms with Crippen molar-refractivity contribution in [2.24, 2.45) is 0 Å². The topological polar surface area (TPSA) is 117 Å². The zero-order chi connectivity index (χ0) is 37.7. The summed E-state index contributed by atoms with van der Waals surface area (Å²) in [5.74, 6) is 6.33. The van der Waals surface area contributed by atoms with Gasteiger partial charge in [-0.25, -0.2) is 23.2 Å². The Kier molecular flexibility index (Phi) is 10.7. The van der Waals surface area contributed by atoms with Crippen LogP contribution in [0.5, 0.6) is 5.75 Å². The van der Waals surface area contributed by atoms with Gasteiger partial charge in [-0.2, -0.15) is 0 Å². The SMILES string of the molecule is CC1Oc2c(C#C[Si](C(C)C)(C(C)C)C(C)C)cc(C3CN([C@H]4CCN(C(=O)OC(C)(C)C)C4)C3)cc2Nc2ncnc(N3CCS(=O)(=O)CC3)c21. The third-order valence-electron chi connectivity index (χ3n) is 11.6. The third kappa shape index (κ3) is 7.66. The summed E-state index contributed by atoms with van der Waals surface area (Å²) < 4.78 is 37.0. The van der Waals surface area contributed by atoms with Crippen molar-refractivity contribution in [3.05, 3.63) is 35.2 Å². The first-order valence-corrected chi connectivity index (χ1v) is 23.1. The fourth-order valence-corrected chi connectivity index (χ4v) is 15.2. The van der Waals surface area contributed by atoms with Crippen LogP contribution >= 0.6 is 0 Å². The van der Waals surface area contributed by atoms with Crippen LogP contribution in [0.4, 0.5) is 22.1 Å². The van der Waals surface area contributed by atoms with Crippen molar-refractivity contribution in [1.29, 1.82) is 0 Å². The van der Waals surface area contributed by atoms with Crippen LogP contribution < -0.4 is 15.0 Å². The lowest BCUT2D eigenvalue weighted by Gasteiger charge is -2.43. The maximum Gasteiger partial charge on any atom is 0.410 e. The number of likely N-dealkylation sites (tertiary alicyclic amines) is 2. The van der Waals surface area contributed by atoms with Crippen LogP contribution in [0.15, 0.2) is 18.5 Å². The second-order valence-electron chi connectivity index (χ2n) is 17.1. The highest BCUT2D eigenvalue weighted by molar-refractivity contribution is 7.91. The van der Waals surface area contributed by atoms with Crippen LogP contribution in [0.25, 0.3) is 0 Å². The number of fused-ring (bicyclic) bond motifs is 2. The molecule has 0 radical (unpaired) electrons. The predicted octanol–water partition coefficient (Wildman–Crippen LogP) is 6.89. The number of amides is 1. The Morgan fingerprint density at radius 1 is 1.00 bits per heavy atom. The van der Waals surface area contributed by atoms with Crippen molar-refractivity contribution in [1.82, 2.24) is 19.8 Å². The predicted molar refractivity (Wildman–Crippen MR) is 210 cm³/mol. The maximum absolute atomic E-state index is 12.7. The summed E-state index contributed by atoms with van der Waals surface area (Å²) in [7, 11) is -5.11. The molecule has 0 saturated carbocycles. The molecule has 1 aromatic carbocycles. The number of carbonyl (C=O) groups excluding carboxylic acids is 1. The minimum atomic E-state index is -3.06. The number of anilines is 3. The van der Waals surface area contributed by atoms with E-state index in [1.807, 2.05) is 37.5 Å². The molecule has 3 fully saturated rings. The Morgan fingerprint density at radius 2 is 1.65 bits per heavy atom. The van der Waals surface area contributed by atoms with Crippen molar-refractivity contribution in [3.63, 3.8) is 0 Å². The summed E-state index contributed by atoms with van der Waals surface area (Å²) in [5.41, 5.74) is 8.63. The smallest absolute Gasteiger partial charge is 0.410 e. The molecule has 2 aromatic rings. The van der Waals surface area contributed by atoms with Gasteiger partial charge in [-0.05, 0) is 68.4 Å². The normalized spacial score (nSPS) is 22.2. The summed E-state index contributed by atoms with van der Waals surface area (Å²) in [4.78, 5) is 28.5. The van der Waals surface area contributed by atoms with Crippen LogP contribution in [0.1, 0.15) is 104 Å². The van der Waals surface area contributed by atoms with E-state index in [4.69, 9.17) is 9.47 Å². The van der Waals surface area contributed by atoms with E-state index in [2.05, 4.69) is 85.3 Å². The monoisotopic (exact) mass is 750 g/mol. The molecule has 4 aliphatic heterocycles. The molecule has 1 N–H and O–H groups in total. The largest absolute Gasteiger partial charge is 0.482 e. The molecule has 284 valence electrons. The molecule has 1 aromatic heterocycles. The van der Waals surface area contributed by atoms with Crippen LogP contribution in [0.3, 0.4) is 0 Å². The zero-order valence-electron chi connectivity index (χ0n) is 32.7. The molecule has 4 aliphatic rings. The minimum absolute atomic E-state index is 0.100. The van der Waals surface area contributed by atoms with E-state index >= 15 is 0 Å². The number of carbonyl (C=O) groups is 1. The van der Waals surface area contributed by atoms with Gasteiger partial charge in [0.1, 0.15) is 37.7 Å². The molecule has 1 unspecified atom stereocenters. The van der Waals surface area contributed by atoms with Crippen LogP contribution in [0, 0.1) is 11.5 Å². The lowest BCUT2D eigenvalue weighted by atomic mass is 9.88. The molecule has 11 nitrogen and oxygen atoms in total. The van der Waals surface area contributed by atoms with Crippen molar-refractivity contribution < 1.29 is 22.7 Å². The van der Waals surface area contributed by atoms with Gasteiger partial charge < -0.3 is 24.6 Å². The van der Waals surface area contributed by atoms with Crippen LogP contribution in [0.2, 0.25) is 16.6 Å². The van der Waals surface area contributed by atoms with Gasteiger partial charge in [-0.15, -0.1) is 5.54 Å². The van der Waals surface area contributed by atoms with E-state index in [-0.39, 0.29) is 17.6 Å². The fraction of sp³-hybridized carbons (Fsp3) is 0.667. The Balaban J connectivity index is 1.33. The first kappa shape index (κ1) is 38.4. The van der Waals surface area contributed by atoms with Gasteiger partial charge in [-0.3, -0.25) is 4.90 Å². The highest BCUT2D eigenvalue weighted by Gasteiger charge is 2.43. The van der Waals surface area contributed by atoms with Gasteiger partial charge >= 0.3 is 6.09 Å². The van der Waals surface area contributed by atoms with Crippen LogP contribution in [-0.4, -0.2) is 105 Å². The van der Waals surface area contributed by atoms with Gasteiger partial charge in [0, 0.05) is 51.2 Å². The van der Waals surface area contributed by atoms with E-state index in [1.54, 1.807) is 6.33 Å². The molecular formula is C39H58N6O5SSi. The number of hydrogen-bond acceptors (Lipinski definition) is 10. The van der Waals surface area contributed by atoms with E-state index in [9.17, 15) is 13.2 Å². The summed E-state index contributed by atoms with van der Waals surface area (Å²) >= 11 is 0. The molecule has 2 atom stereocenters. The molecule has 5 heterocycles. The number of aromatic nitrogens is 2. The summed E-state index contributed by atoms with van der Waals surface area (Å²) in [6.07, 6.45) is 1.85. The Bertz CT molecular complexity index is 1810. The minimum Gasteiger partial charge on any atom is -0.482 e. The first-order chi connectivity index (χ1) is 24.4. The van der Waals surface area contributed by atoms with E-state index in [1.165, 1.54) is 5.56 Å². The summed E-state index contributed by atoms with van der Waals surface area (Å²) in [5, 5.41) is 3.63. The quantitative estimate of drug-likeness (QED) is 0.247. The molecule has 1 amide bonds. The lowest BCUT2D eigenvalue weighted by Crippen LogP contribution is -2.52. The Morgan fingerprint density at radius 3 is 2.27 bits per heavy atom. The van der Waals surface area contributed by atoms with Gasteiger partial charge in [0.2, 0.25) is 0 Å². The standard InChI is InChI=1S/C39H58N6O5SSi/c1-25(2)52(26(3)4,27(5)6)18-12-29-19-30(31-21-45(22-31)32-11-13-44(23-32)38(46)50-39(8,9)10)20-33-35(29)49-28(7)34-36(42-33)40-24-41-37(34)43-14-16-51(47,48)17-15-43/h19-20,24-28,31-32H,11,13-17,21-23H2,1-10H3,(H,40,41,42)/t28?,32-/m0/s1. The lowest BCUT2D eigenvalue weighted by molar-refractivity contribution is 0.0260. The summed E-state index contributed by atoms with van der Waals surface area (Å²) in [6, 6.07) is 4.74.